The molecule has 0 aliphatic carbocycles. The predicted molar refractivity (Wildman–Crippen MR) is 84.4 cm³/mol. The van der Waals surface area contributed by atoms with Crippen LogP contribution in [0.5, 0.6) is 0 Å². The lowest BCUT2D eigenvalue weighted by Gasteiger charge is -2.26. The zero-order chi connectivity index (χ0) is 15.2. The first-order valence-electron chi connectivity index (χ1n) is 7.23. The van der Waals surface area contributed by atoms with Gasteiger partial charge in [0, 0.05) is 18.6 Å². The number of nitrogens with zero attached hydrogens (tertiary/aromatic N) is 2. The van der Waals surface area contributed by atoms with Gasteiger partial charge < -0.3 is 10.2 Å². The van der Waals surface area contributed by atoms with Crippen LogP contribution >= 0.6 is 0 Å². The second-order valence-corrected chi connectivity index (χ2v) is 6.75. The van der Waals surface area contributed by atoms with E-state index in [-0.39, 0.29) is 5.54 Å². The first kappa shape index (κ1) is 16.7. The summed E-state index contributed by atoms with van der Waals surface area (Å²) >= 11 is 0. The van der Waals surface area contributed by atoms with Crippen molar-refractivity contribution in [1.29, 1.82) is 5.26 Å². The Labute approximate surface area is 123 Å². The average molecular weight is 273 g/mol. The van der Waals surface area contributed by atoms with E-state index in [1.54, 1.807) is 0 Å². The highest BCUT2D eigenvalue weighted by atomic mass is 15.1. The summed E-state index contributed by atoms with van der Waals surface area (Å²) in [6.45, 7) is 11.8. The molecule has 1 rings (SSSR count). The van der Waals surface area contributed by atoms with Crippen molar-refractivity contribution < 1.29 is 0 Å². The predicted octanol–water partition coefficient (Wildman–Crippen LogP) is 3.01. The van der Waals surface area contributed by atoms with E-state index in [1.165, 1.54) is 5.56 Å². The molecule has 110 valence electrons. The fourth-order valence-electron chi connectivity index (χ4n) is 2.19. The van der Waals surface area contributed by atoms with E-state index >= 15 is 0 Å². The van der Waals surface area contributed by atoms with Gasteiger partial charge in [-0.25, -0.2) is 0 Å². The van der Waals surface area contributed by atoms with Crippen molar-refractivity contribution in [2.24, 2.45) is 5.92 Å². The molecule has 0 spiro atoms. The first-order chi connectivity index (χ1) is 9.30. The molecule has 1 aromatic carbocycles. The molecule has 0 aromatic heterocycles. The van der Waals surface area contributed by atoms with Gasteiger partial charge in [0.1, 0.15) is 0 Å². The van der Waals surface area contributed by atoms with Crippen LogP contribution in [0.25, 0.3) is 0 Å². The van der Waals surface area contributed by atoms with Crippen LogP contribution in [0.4, 0.5) is 0 Å². The molecule has 20 heavy (non-hydrogen) atoms. The van der Waals surface area contributed by atoms with Gasteiger partial charge in [0.2, 0.25) is 0 Å². The van der Waals surface area contributed by atoms with Crippen molar-refractivity contribution in [1.82, 2.24) is 10.2 Å². The SMILES string of the molecule is CC(CNC(C)(C)C)CN(C)Cc1cccc(C#N)c1. The summed E-state index contributed by atoms with van der Waals surface area (Å²) in [7, 11) is 2.13. The fraction of sp³-hybridized carbons (Fsp3) is 0.588. The lowest BCUT2D eigenvalue weighted by molar-refractivity contribution is 0.261. The zero-order valence-corrected chi connectivity index (χ0v) is 13.4. The van der Waals surface area contributed by atoms with Gasteiger partial charge in [0.25, 0.3) is 0 Å². The summed E-state index contributed by atoms with van der Waals surface area (Å²) in [5.74, 6) is 0.596. The highest BCUT2D eigenvalue weighted by molar-refractivity contribution is 5.32. The largest absolute Gasteiger partial charge is 0.312 e. The third kappa shape index (κ3) is 6.70. The van der Waals surface area contributed by atoms with E-state index in [1.807, 2.05) is 18.2 Å². The van der Waals surface area contributed by atoms with Crippen LogP contribution in [0.1, 0.15) is 38.8 Å². The molecule has 0 heterocycles. The normalized spacial score (nSPS) is 13.2. The summed E-state index contributed by atoms with van der Waals surface area (Å²) in [4.78, 5) is 2.31. The van der Waals surface area contributed by atoms with Crippen molar-refractivity contribution in [3.63, 3.8) is 0 Å². The van der Waals surface area contributed by atoms with E-state index in [0.717, 1.165) is 25.2 Å². The van der Waals surface area contributed by atoms with E-state index < -0.39 is 0 Å². The Morgan fingerprint density at radius 2 is 2.05 bits per heavy atom. The van der Waals surface area contributed by atoms with Gasteiger partial charge in [-0.05, 0) is 58.0 Å². The minimum Gasteiger partial charge on any atom is -0.312 e. The maximum Gasteiger partial charge on any atom is 0.0991 e. The van der Waals surface area contributed by atoms with Crippen LogP contribution in [0.2, 0.25) is 0 Å². The zero-order valence-electron chi connectivity index (χ0n) is 13.4. The molecule has 1 aromatic rings. The monoisotopic (exact) mass is 273 g/mol. The number of hydrogen-bond acceptors (Lipinski definition) is 3. The summed E-state index contributed by atoms with van der Waals surface area (Å²) in [6, 6.07) is 10.0. The van der Waals surface area contributed by atoms with Gasteiger partial charge in [0.15, 0.2) is 0 Å². The molecule has 0 saturated carbocycles. The molecule has 0 fully saturated rings. The molecule has 0 amide bonds. The molecule has 1 N–H and O–H groups in total. The van der Waals surface area contributed by atoms with E-state index in [0.29, 0.717) is 5.92 Å². The fourth-order valence-corrected chi connectivity index (χ4v) is 2.19. The second-order valence-electron chi connectivity index (χ2n) is 6.75. The molecular formula is C17H27N3. The summed E-state index contributed by atoms with van der Waals surface area (Å²) in [6.07, 6.45) is 0. The van der Waals surface area contributed by atoms with Crippen LogP contribution in [0, 0.1) is 17.2 Å². The van der Waals surface area contributed by atoms with Crippen molar-refractivity contribution in [3.8, 4) is 6.07 Å². The minimum atomic E-state index is 0.175. The number of hydrogen-bond donors (Lipinski definition) is 1. The van der Waals surface area contributed by atoms with Crippen LogP contribution in [-0.2, 0) is 6.54 Å². The Morgan fingerprint density at radius 3 is 2.65 bits per heavy atom. The molecule has 1 unspecified atom stereocenters. The van der Waals surface area contributed by atoms with Gasteiger partial charge in [0.05, 0.1) is 11.6 Å². The molecule has 0 aliphatic heterocycles. The average Bonchev–Trinajstić information content (AvgIpc) is 2.35. The Hall–Kier alpha value is -1.37. The molecule has 3 heteroatoms. The molecule has 0 bridgehead atoms. The Balaban J connectivity index is 2.43. The summed E-state index contributed by atoms with van der Waals surface area (Å²) in [5.41, 5.74) is 2.11. The van der Waals surface area contributed by atoms with Gasteiger partial charge in [-0.1, -0.05) is 19.1 Å². The molecular weight excluding hydrogens is 246 g/mol. The highest BCUT2D eigenvalue weighted by Gasteiger charge is 2.12. The van der Waals surface area contributed by atoms with Crippen LogP contribution < -0.4 is 5.32 Å². The van der Waals surface area contributed by atoms with E-state index in [4.69, 9.17) is 5.26 Å². The third-order valence-electron chi connectivity index (χ3n) is 3.11. The van der Waals surface area contributed by atoms with Gasteiger partial charge in [-0.2, -0.15) is 5.26 Å². The highest BCUT2D eigenvalue weighted by Crippen LogP contribution is 2.09. The molecule has 0 aliphatic rings. The quantitative estimate of drug-likeness (QED) is 0.866. The molecule has 3 nitrogen and oxygen atoms in total. The third-order valence-corrected chi connectivity index (χ3v) is 3.11. The minimum absolute atomic E-state index is 0.175. The van der Waals surface area contributed by atoms with Crippen molar-refractivity contribution in [2.45, 2.75) is 39.8 Å². The number of nitriles is 1. The lowest BCUT2D eigenvalue weighted by Crippen LogP contribution is -2.40. The topological polar surface area (TPSA) is 39.1 Å². The maximum absolute atomic E-state index is 8.92. The lowest BCUT2D eigenvalue weighted by atomic mass is 10.1. The number of rotatable bonds is 6. The van der Waals surface area contributed by atoms with Crippen molar-refractivity contribution in [2.75, 3.05) is 20.1 Å². The Kier molecular flexibility index (Phi) is 6.19. The van der Waals surface area contributed by atoms with Gasteiger partial charge in [-0.15, -0.1) is 0 Å². The van der Waals surface area contributed by atoms with Crippen LogP contribution in [0.15, 0.2) is 24.3 Å². The molecule has 0 saturated heterocycles. The number of benzene rings is 1. The standard InChI is InChI=1S/C17H27N3/c1-14(11-19-17(2,3)4)12-20(5)13-16-8-6-7-15(9-16)10-18/h6-9,14,19H,11-13H2,1-5H3. The van der Waals surface area contributed by atoms with E-state index in [9.17, 15) is 0 Å². The van der Waals surface area contributed by atoms with Crippen molar-refractivity contribution >= 4 is 0 Å². The Bertz CT molecular complexity index is 454. The molecule has 1 atom stereocenters. The van der Waals surface area contributed by atoms with Crippen LogP contribution in [0.3, 0.4) is 0 Å². The smallest absolute Gasteiger partial charge is 0.0991 e. The second kappa shape index (κ2) is 7.42. The summed E-state index contributed by atoms with van der Waals surface area (Å²) in [5, 5.41) is 12.5. The van der Waals surface area contributed by atoms with Gasteiger partial charge in [-0.3, -0.25) is 0 Å². The summed E-state index contributed by atoms with van der Waals surface area (Å²) < 4.78 is 0. The first-order valence-corrected chi connectivity index (χ1v) is 7.23. The molecule has 0 radical (unpaired) electrons. The van der Waals surface area contributed by atoms with Crippen LogP contribution in [-0.4, -0.2) is 30.6 Å². The van der Waals surface area contributed by atoms with Gasteiger partial charge >= 0.3 is 0 Å². The maximum atomic E-state index is 8.92. The van der Waals surface area contributed by atoms with Crippen molar-refractivity contribution in [3.05, 3.63) is 35.4 Å². The Morgan fingerprint density at radius 1 is 1.35 bits per heavy atom. The number of nitrogens with one attached hydrogen (secondary N) is 1. The van der Waals surface area contributed by atoms with E-state index in [2.05, 4.69) is 57.1 Å².